The van der Waals surface area contributed by atoms with Crippen LogP contribution in [0.25, 0.3) is 0 Å². The van der Waals surface area contributed by atoms with Crippen LogP contribution in [0.5, 0.6) is 5.75 Å². The van der Waals surface area contributed by atoms with Gasteiger partial charge in [0.2, 0.25) is 5.91 Å². The lowest BCUT2D eigenvalue weighted by molar-refractivity contribution is -0.127. The fourth-order valence-corrected chi connectivity index (χ4v) is 3.68. The molecule has 166 valence electrons. The molecule has 0 bridgehead atoms. The van der Waals surface area contributed by atoms with Gasteiger partial charge in [0.05, 0.1) is 25.3 Å². The number of likely N-dealkylation sites (tertiary alicyclic amines) is 1. The zero-order chi connectivity index (χ0) is 22.8. The number of anilines is 1. The van der Waals surface area contributed by atoms with Gasteiger partial charge in [0.15, 0.2) is 0 Å². The lowest BCUT2D eigenvalue weighted by atomic mass is 9.98. The zero-order valence-corrected chi connectivity index (χ0v) is 19.6. The molecule has 0 spiro atoms. The molecule has 0 aromatic heterocycles. The summed E-state index contributed by atoms with van der Waals surface area (Å²) >= 11 is 3.43. The summed E-state index contributed by atoms with van der Waals surface area (Å²) in [5, 5.41) is 0. The second-order valence-electron chi connectivity index (χ2n) is 8.45. The van der Waals surface area contributed by atoms with Gasteiger partial charge in [-0.3, -0.25) is 4.79 Å². The van der Waals surface area contributed by atoms with Crippen molar-refractivity contribution in [2.24, 2.45) is 5.92 Å². The summed E-state index contributed by atoms with van der Waals surface area (Å²) in [4.78, 5) is 28.6. The van der Waals surface area contributed by atoms with E-state index < -0.39 is 17.5 Å². The number of halogens is 2. The Hall–Kier alpha value is -2.61. The Morgan fingerprint density at radius 1 is 1.16 bits per heavy atom. The molecular formula is C23H26BrFN2O4. The molecule has 1 aliphatic rings. The summed E-state index contributed by atoms with van der Waals surface area (Å²) in [5.74, 6) is -0.293. The first-order valence-corrected chi connectivity index (χ1v) is 10.7. The number of carbonyl (C=O) groups is 2. The minimum absolute atomic E-state index is 0.179. The Labute approximate surface area is 190 Å². The molecule has 0 aliphatic carbocycles. The highest BCUT2D eigenvalue weighted by Crippen LogP contribution is 2.32. The van der Waals surface area contributed by atoms with E-state index >= 15 is 0 Å². The Morgan fingerprint density at radius 2 is 1.81 bits per heavy atom. The monoisotopic (exact) mass is 492 g/mol. The standard InChI is InChI=1S/C23H26BrFN2O4/c1-23(2,3)31-22(29)26-13-16(14-26)21(28)27(20-11-17(25)7-10-19(20)24)12-15-5-8-18(30-4)9-6-15/h5-11,16H,12-14H2,1-4H3. The molecule has 2 aromatic rings. The first-order chi connectivity index (χ1) is 14.6. The Bertz CT molecular complexity index is 953. The van der Waals surface area contributed by atoms with E-state index in [0.29, 0.717) is 15.9 Å². The van der Waals surface area contributed by atoms with E-state index in [1.165, 1.54) is 17.0 Å². The van der Waals surface area contributed by atoms with Crippen molar-refractivity contribution in [1.29, 1.82) is 0 Å². The van der Waals surface area contributed by atoms with E-state index in [4.69, 9.17) is 9.47 Å². The van der Waals surface area contributed by atoms with Crippen molar-refractivity contribution in [1.82, 2.24) is 4.90 Å². The first-order valence-electron chi connectivity index (χ1n) is 9.94. The maximum absolute atomic E-state index is 14.0. The van der Waals surface area contributed by atoms with Crippen molar-refractivity contribution in [2.45, 2.75) is 32.9 Å². The van der Waals surface area contributed by atoms with E-state index in [2.05, 4.69) is 15.9 Å². The van der Waals surface area contributed by atoms with E-state index in [-0.39, 0.29) is 31.5 Å². The van der Waals surface area contributed by atoms with Gasteiger partial charge >= 0.3 is 6.09 Å². The number of rotatable bonds is 5. The molecule has 1 fully saturated rings. The molecule has 0 saturated carbocycles. The van der Waals surface area contributed by atoms with Gasteiger partial charge in [-0.15, -0.1) is 0 Å². The Balaban J connectivity index is 1.79. The third kappa shape index (κ3) is 5.76. The Kier molecular flexibility index (Phi) is 6.89. The van der Waals surface area contributed by atoms with Gasteiger partial charge in [-0.1, -0.05) is 12.1 Å². The van der Waals surface area contributed by atoms with Gasteiger partial charge in [0.25, 0.3) is 0 Å². The number of carbonyl (C=O) groups excluding carboxylic acids is 2. The average Bonchev–Trinajstić information content (AvgIpc) is 2.66. The summed E-state index contributed by atoms with van der Waals surface area (Å²) in [7, 11) is 1.59. The molecule has 31 heavy (non-hydrogen) atoms. The van der Waals surface area contributed by atoms with Crippen molar-refractivity contribution in [3.63, 3.8) is 0 Å². The fraction of sp³-hybridized carbons (Fsp3) is 0.391. The topological polar surface area (TPSA) is 59.1 Å². The third-order valence-corrected chi connectivity index (χ3v) is 5.52. The summed E-state index contributed by atoms with van der Waals surface area (Å²) in [5.41, 5.74) is 0.712. The largest absolute Gasteiger partial charge is 0.497 e. The van der Waals surface area contributed by atoms with Crippen LogP contribution in [-0.2, 0) is 16.1 Å². The van der Waals surface area contributed by atoms with Gasteiger partial charge < -0.3 is 19.3 Å². The normalized spacial score (nSPS) is 14.1. The van der Waals surface area contributed by atoms with Crippen LogP contribution in [-0.4, -0.2) is 42.7 Å². The molecule has 2 aromatic carbocycles. The van der Waals surface area contributed by atoms with E-state index in [9.17, 15) is 14.0 Å². The minimum Gasteiger partial charge on any atom is -0.497 e. The molecule has 3 rings (SSSR count). The van der Waals surface area contributed by atoms with Crippen molar-refractivity contribution in [3.05, 3.63) is 58.3 Å². The third-order valence-electron chi connectivity index (χ3n) is 4.85. The number of ether oxygens (including phenoxy) is 2. The lowest BCUT2D eigenvalue weighted by Crippen LogP contribution is -2.57. The zero-order valence-electron chi connectivity index (χ0n) is 18.0. The number of amides is 2. The van der Waals surface area contributed by atoms with Crippen LogP contribution < -0.4 is 9.64 Å². The summed E-state index contributed by atoms with van der Waals surface area (Å²) in [6.45, 7) is 6.18. The molecule has 2 amide bonds. The predicted octanol–water partition coefficient (Wildman–Crippen LogP) is 5.00. The van der Waals surface area contributed by atoms with Crippen LogP contribution in [0, 0.1) is 11.7 Å². The summed E-state index contributed by atoms with van der Waals surface area (Å²) in [6, 6.07) is 11.6. The molecule has 0 N–H and O–H groups in total. The van der Waals surface area contributed by atoms with Gasteiger partial charge in [-0.2, -0.15) is 0 Å². The SMILES string of the molecule is COc1ccc(CN(C(=O)C2CN(C(=O)OC(C)(C)C)C2)c2cc(F)ccc2Br)cc1. The molecule has 0 atom stereocenters. The average molecular weight is 493 g/mol. The number of hydrogen-bond donors (Lipinski definition) is 0. The molecule has 0 unspecified atom stereocenters. The molecule has 6 nitrogen and oxygen atoms in total. The number of benzene rings is 2. The molecule has 8 heteroatoms. The second kappa shape index (κ2) is 9.26. The Morgan fingerprint density at radius 3 is 2.39 bits per heavy atom. The highest BCUT2D eigenvalue weighted by molar-refractivity contribution is 9.10. The van der Waals surface area contributed by atoms with Crippen LogP contribution in [0.1, 0.15) is 26.3 Å². The van der Waals surface area contributed by atoms with Gasteiger partial charge in [0.1, 0.15) is 17.2 Å². The van der Waals surface area contributed by atoms with Crippen LogP contribution >= 0.6 is 15.9 Å². The highest BCUT2D eigenvalue weighted by atomic mass is 79.9. The molecule has 1 saturated heterocycles. The fourth-order valence-electron chi connectivity index (χ4n) is 3.22. The molecule has 1 heterocycles. The van der Waals surface area contributed by atoms with Gasteiger partial charge in [-0.05, 0) is 72.6 Å². The van der Waals surface area contributed by atoms with E-state index in [1.54, 1.807) is 38.8 Å². The summed E-state index contributed by atoms with van der Waals surface area (Å²) < 4.78 is 25.1. The minimum atomic E-state index is -0.598. The quantitative estimate of drug-likeness (QED) is 0.589. The maximum Gasteiger partial charge on any atom is 0.410 e. The number of nitrogens with zero attached hydrogens (tertiary/aromatic N) is 2. The number of hydrogen-bond acceptors (Lipinski definition) is 4. The highest BCUT2D eigenvalue weighted by Gasteiger charge is 2.40. The predicted molar refractivity (Wildman–Crippen MR) is 120 cm³/mol. The van der Waals surface area contributed by atoms with Crippen molar-refractivity contribution in [2.75, 3.05) is 25.1 Å². The van der Waals surface area contributed by atoms with Gasteiger partial charge in [-0.25, -0.2) is 9.18 Å². The second-order valence-corrected chi connectivity index (χ2v) is 9.30. The van der Waals surface area contributed by atoms with Crippen LogP contribution in [0.15, 0.2) is 46.9 Å². The molecular weight excluding hydrogens is 467 g/mol. The lowest BCUT2D eigenvalue weighted by Gasteiger charge is -2.41. The van der Waals surface area contributed by atoms with Crippen molar-refractivity contribution in [3.8, 4) is 5.75 Å². The van der Waals surface area contributed by atoms with Crippen molar-refractivity contribution >= 4 is 33.6 Å². The van der Waals surface area contributed by atoms with Crippen LogP contribution in [0.4, 0.5) is 14.9 Å². The van der Waals surface area contributed by atoms with E-state index in [0.717, 1.165) is 5.56 Å². The van der Waals surface area contributed by atoms with E-state index in [1.807, 2.05) is 24.3 Å². The summed E-state index contributed by atoms with van der Waals surface area (Å²) in [6.07, 6.45) is -0.440. The van der Waals surface area contributed by atoms with Crippen molar-refractivity contribution < 1.29 is 23.5 Å². The first kappa shape index (κ1) is 23.1. The number of methoxy groups -OCH3 is 1. The molecule has 1 aliphatic heterocycles. The molecule has 0 radical (unpaired) electrons. The smallest absolute Gasteiger partial charge is 0.410 e. The van der Waals surface area contributed by atoms with Crippen LogP contribution in [0.3, 0.4) is 0 Å². The maximum atomic E-state index is 14.0. The van der Waals surface area contributed by atoms with Crippen LogP contribution in [0.2, 0.25) is 0 Å². The van der Waals surface area contributed by atoms with Gasteiger partial charge in [0, 0.05) is 17.6 Å².